The Bertz CT molecular complexity index is 624. The molecule has 0 aliphatic carbocycles. The second-order valence-corrected chi connectivity index (χ2v) is 6.61. The minimum Gasteiger partial charge on any atom is -0.376 e. The largest absolute Gasteiger partial charge is 0.376 e. The summed E-state index contributed by atoms with van der Waals surface area (Å²) in [6.45, 7) is 2.02. The molecule has 3 rings (SSSR count). The number of carbonyl (C=O) groups excluding carboxylic acids is 2. The van der Waals surface area contributed by atoms with E-state index in [0.29, 0.717) is 38.8 Å². The second-order valence-electron chi connectivity index (χ2n) is 6.61. The molecule has 6 heteroatoms. The molecule has 2 amide bonds. The van der Waals surface area contributed by atoms with Crippen LogP contribution in [0.15, 0.2) is 35.4 Å². The highest BCUT2D eigenvalue weighted by Crippen LogP contribution is 2.17. The van der Waals surface area contributed by atoms with Crippen molar-refractivity contribution in [3.63, 3.8) is 0 Å². The first kappa shape index (κ1) is 17.6. The van der Waals surface area contributed by atoms with Gasteiger partial charge < -0.3 is 9.64 Å². The van der Waals surface area contributed by atoms with E-state index in [-0.39, 0.29) is 17.9 Å². The van der Waals surface area contributed by atoms with Crippen LogP contribution in [0.4, 0.5) is 0 Å². The minimum absolute atomic E-state index is 0.0563. The van der Waals surface area contributed by atoms with E-state index < -0.39 is 0 Å². The van der Waals surface area contributed by atoms with Crippen molar-refractivity contribution in [1.82, 2.24) is 10.3 Å². The Morgan fingerprint density at radius 3 is 2.80 bits per heavy atom. The Morgan fingerprint density at radius 1 is 1.28 bits per heavy atom. The number of amides is 2. The third-order valence-electron chi connectivity index (χ3n) is 4.62. The van der Waals surface area contributed by atoms with Crippen LogP contribution < -0.4 is 5.43 Å². The zero-order valence-corrected chi connectivity index (χ0v) is 14.4. The Hall–Kier alpha value is -2.21. The van der Waals surface area contributed by atoms with Crippen LogP contribution in [0.5, 0.6) is 0 Å². The number of ether oxygens (including phenoxy) is 1. The van der Waals surface area contributed by atoms with Crippen molar-refractivity contribution in [3.05, 3.63) is 35.9 Å². The molecule has 0 radical (unpaired) electrons. The van der Waals surface area contributed by atoms with Crippen molar-refractivity contribution < 1.29 is 14.3 Å². The quantitative estimate of drug-likeness (QED) is 0.825. The van der Waals surface area contributed by atoms with Crippen LogP contribution in [0.25, 0.3) is 0 Å². The predicted molar refractivity (Wildman–Crippen MR) is 94.9 cm³/mol. The molecule has 2 aliphatic heterocycles. The van der Waals surface area contributed by atoms with Gasteiger partial charge in [-0.2, -0.15) is 5.10 Å². The van der Waals surface area contributed by atoms with Crippen LogP contribution in [-0.2, 0) is 20.9 Å². The summed E-state index contributed by atoms with van der Waals surface area (Å²) in [7, 11) is 0. The third kappa shape index (κ3) is 5.39. The maximum atomic E-state index is 12.8. The normalized spacial score (nSPS) is 20.1. The molecule has 1 atom stereocenters. The van der Waals surface area contributed by atoms with Crippen LogP contribution in [-0.4, -0.2) is 41.7 Å². The molecule has 2 heterocycles. The Labute approximate surface area is 148 Å². The molecule has 0 saturated carbocycles. The van der Waals surface area contributed by atoms with E-state index in [9.17, 15) is 9.59 Å². The number of nitrogens with zero attached hydrogens (tertiary/aromatic N) is 2. The fourth-order valence-electron chi connectivity index (χ4n) is 3.19. The van der Waals surface area contributed by atoms with Gasteiger partial charge >= 0.3 is 0 Å². The fraction of sp³-hybridized carbons (Fsp3) is 0.526. The number of carbonyl (C=O) groups is 2. The third-order valence-corrected chi connectivity index (χ3v) is 4.62. The summed E-state index contributed by atoms with van der Waals surface area (Å²) in [6, 6.07) is 10.0. The lowest BCUT2D eigenvalue weighted by Gasteiger charge is -2.26. The number of rotatable bonds is 7. The molecule has 0 aromatic heterocycles. The van der Waals surface area contributed by atoms with Gasteiger partial charge in [0.1, 0.15) is 0 Å². The summed E-state index contributed by atoms with van der Waals surface area (Å²) in [5.74, 6) is 0.0538. The molecule has 1 aromatic carbocycles. The van der Waals surface area contributed by atoms with Crippen molar-refractivity contribution in [1.29, 1.82) is 0 Å². The first-order valence-electron chi connectivity index (χ1n) is 8.98. The van der Waals surface area contributed by atoms with Gasteiger partial charge in [0.25, 0.3) is 0 Å². The lowest BCUT2D eigenvalue weighted by atomic mass is 10.1. The summed E-state index contributed by atoms with van der Waals surface area (Å²) in [5, 5.41) is 4.05. The minimum atomic E-state index is -0.0563. The highest BCUT2D eigenvalue weighted by Gasteiger charge is 2.23. The number of hydrazone groups is 1. The van der Waals surface area contributed by atoms with Gasteiger partial charge in [-0.25, -0.2) is 5.43 Å². The summed E-state index contributed by atoms with van der Waals surface area (Å²) in [4.78, 5) is 25.8. The lowest BCUT2D eigenvalue weighted by Crippen LogP contribution is -2.37. The molecule has 1 fully saturated rings. The zero-order chi connectivity index (χ0) is 17.5. The standard InChI is InChI=1S/C19H25N3O3/c23-18-10-8-16(20-21-18)9-11-19(24)22(14-17-7-4-12-25-17)13-15-5-2-1-3-6-15/h1-3,5-6,17H,4,7-14H2,(H,21,23). The highest BCUT2D eigenvalue weighted by atomic mass is 16.5. The number of hydrogen-bond acceptors (Lipinski definition) is 4. The maximum absolute atomic E-state index is 12.8. The van der Waals surface area contributed by atoms with Crippen molar-refractivity contribution in [2.45, 2.75) is 51.2 Å². The van der Waals surface area contributed by atoms with E-state index in [4.69, 9.17) is 4.74 Å². The van der Waals surface area contributed by atoms with E-state index in [0.717, 1.165) is 30.7 Å². The van der Waals surface area contributed by atoms with Crippen LogP contribution in [0, 0.1) is 0 Å². The van der Waals surface area contributed by atoms with E-state index in [2.05, 4.69) is 10.5 Å². The topological polar surface area (TPSA) is 71.0 Å². The molecule has 1 saturated heterocycles. The summed E-state index contributed by atoms with van der Waals surface area (Å²) in [5.41, 5.74) is 4.50. The van der Waals surface area contributed by atoms with Crippen LogP contribution in [0.1, 0.15) is 44.1 Å². The van der Waals surface area contributed by atoms with Gasteiger partial charge in [-0.1, -0.05) is 30.3 Å². The molecule has 1 N–H and O–H groups in total. The number of nitrogens with one attached hydrogen (secondary N) is 1. The average molecular weight is 343 g/mol. The fourth-order valence-corrected chi connectivity index (χ4v) is 3.19. The monoisotopic (exact) mass is 343 g/mol. The Balaban J connectivity index is 1.58. The average Bonchev–Trinajstić information content (AvgIpc) is 3.14. The van der Waals surface area contributed by atoms with Gasteiger partial charge in [0.2, 0.25) is 11.8 Å². The van der Waals surface area contributed by atoms with Crippen molar-refractivity contribution in [2.24, 2.45) is 5.10 Å². The molecule has 134 valence electrons. The SMILES string of the molecule is O=C1CCC(CCC(=O)N(Cc2ccccc2)CC2CCCO2)=NN1. The number of hydrogen-bond donors (Lipinski definition) is 1. The van der Waals surface area contributed by atoms with Gasteiger partial charge in [0, 0.05) is 38.2 Å². The van der Waals surface area contributed by atoms with E-state index >= 15 is 0 Å². The van der Waals surface area contributed by atoms with Crippen molar-refractivity contribution in [3.8, 4) is 0 Å². The Morgan fingerprint density at radius 2 is 2.12 bits per heavy atom. The lowest BCUT2D eigenvalue weighted by molar-refractivity contribution is -0.133. The maximum Gasteiger partial charge on any atom is 0.240 e. The van der Waals surface area contributed by atoms with Gasteiger partial charge in [-0.3, -0.25) is 9.59 Å². The second kappa shape index (κ2) is 8.76. The first-order valence-corrected chi connectivity index (χ1v) is 8.98. The van der Waals surface area contributed by atoms with Gasteiger partial charge in [0.15, 0.2) is 0 Å². The van der Waals surface area contributed by atoms with Crippen LogP contribution in [0.3, 0.4) is 0 Å². The summed E-state index contributed by atoms with van der Waals surface area (Å²) in [6.07, 6.45) is 4.31. The van der Waals surface area contributed by atoms with E-state index in [1.165, 1.54) is 0 Å². The van der Waals surface area contributed by atoms with Crippen molar-refractivity contribution >= 4 is 17.5 Å². The predicted octanol–water partition coefficient (Wildman–Crippen LogP) is 2.24. The van der Waals surface area contributed by atoms with E-state index in [1.807, 2.05) is 35.2 Å². The molecular formula is C19H25N3O3. The Kier molecular flexibility index (Phi) is 6.17. The summed E-state index contributed by atoms with van der Waals surface area (Å²) >= 11 is 0. The van der Waals surface area contributed by atoms with Gasteiger partial charge in [-0.05, 0) is 31.2 Å². The molecule has 2 aliphatic rings. The van der Waals surface area contributed by atoms with Crippen molar-refractivity contribution in [2.75, 3.05) is 13.2 Å². The molecule has 0 spiro atoms. The first-order chi connectivity index (χ1) is 12.2. The number of benzene rings is 1. The molecule has 0 bridgehead atoms. The van der Waals surface area contributed by atoms with Gasteiger partial charge in [-0.15, -0.1) is 0 Å². The van der Waals surface area contributed by atoms with E-state index in [1.54, 1.807) is 0 Å². The van der Waals surface area contributed by atoms with Crippen LogP contribution >= 0.6 is 0 Å². The smallest absolute Gasteiger partial charge is 0.240 e. The molecule has 1 aromatic rings. The zero-order valence-electron chi connectivity index (χ0n) is 14.4. The molecule has 6 nitrogen and oxygen atoms in total. The van der Waals surface area contributed by atoms with Gasteiger partial charge in [0.05, 0.1) is 6.10 Å². The molecule has 1 unspecified atom stereocenters. The summed E-state index contributed by atoms with van der Waals surface area (Å²) < 4.78 is 5.71. The van der Waals surface area contributed by atoms with Crippen LogP contribution in [0.2, 0.25) is 0 Å². The molecular weight excluding hydrogens is 318 g/mol. The molecule has 25 heavy (non-hydrogen) atoms. The highest BCUT2D eigenvalue weighted by molar-refractivity contribution is 5.94.